The monoisotopic (exact) mass is 315 g/mol. The lowest BCUT2D eigenvalue weighted by Gasteiger charge is -2.15. The summed E-state index contributed by atoms with van der Waals surface area (Å²) in [6, 6.07) is 12.5. The zero-order valence-corrected chi connectivity index (χ0v) is 13.4. The minimum atomic E-state index is -3.50. The Morgan fingerprint density at radius 2 is 1.77 bits per heavy atom. The van der Waals surface area contributed by atoms with Crippen LogP contribution in [-0.4, -0.2) is 27.3 Å². The first-order chi connectivity index (χ1) is 10.4. The number of hydrogen-bond acceptors (Lipinski definition) is 3. The third-order valence-electron chi connectivity index (χ3n) is 3.44. The van der Waals surface area contributed by atoms with Crippen molar-refractivity contribution in [2.75, 3.05) is 6.26 Å². The largest absolute Gasteiger partial charge is 0.276 e. The minimum absolute atomic E-state index is 0.190. The van der Waals surface area contributed by atoms with Crippen molar-refractivity contribution in [3.63, 3.8) is 0 Å². The lowest BCUT2D eigenvalue weighted by molar-refractivity contribution is 0.100. The fraction of sp³-hybridized carbons (Fsp3) is 0.176. The molecule has 0 fully saturated rings. The van der Waals surface area contributed by atoms with Gasteiger partial charge in [-0.25, -0.2) is 13.4 Å². The number of amides is 1. The summed E-state index contributed by atoms with van der Waals surface area (Å²) in [6.45, 7) is 5.05. The summed E-state index contributed by atoms with van der Waals surface area (Å²) in [5.74, 6) is -0.513. The number of benzene rings is 2. The van der Waals surface area contributed by atoms with Gasteiger partial charge in [0.15, 0.2) is 9.84 Å². The van der Waals surface area contributed by atoms with Crippen LogP contribution in [0.5, 0.6) is 0 Å². The Morgan fingerprint density at radius 3 is 2.27 bits per heavy atom. The molecular formula is C17H17NO3S. The Balaban J connectivity index is 2.88. The summed E-state index contributed by atoms with van der Waals surface area (Å²) in [5.41, 5.74) is 2.17. The molecule has 0 atom stereocenters. The Hall–Kier alpha value is -2.27. The van der Waals surface area contributed by atoms with Gasteiger partial charge < -0.3 is 0 Å². The van der Waals surface area contributed by atoms with Gasteiger partial charge >= 0.3 is 0 Å². The van der Waals surface area contributed by atoms with Gasteiger partial charge in [0.25, 0.3) is 5.91 Å². The predicted molar refractivity (Wildman–Crippen MR) is 88.2 cm³/mol. The number of hydrogen-bond donors (Lipinski definition) is 0. The summed E-state index contributed by atoms with van der Waals surface area (Å²) < 4.78 is 24.6. The van der Waals surface area contributed by atoms with Gasteiger partial charge in [-0.15, -0.1) is 0 Å². The van der Waals surface area contributed by atoms with Crippen molar-refractivity contribution in [2.24, 2.45) is 4.99 Å². The van der Waals surface area contributed by atoms with E-state index in [9.17, 15) is 13.2 Å². The van der Waals surface area contributed by atoms with E-state index in [-0.39, 0.29) is 10.5 Å². The second-order valence-electron chi connectivity index (χ2n) is 4.92. The molecule has 0 spiro atoms. The van der Waals surface area contributed by atoms with E-state index in [2.05, 4.69) is 11.7 Å². The Labute approximate surface area is 130 Å². The molecule has 1 amide bonds. The molecule has 2 aromatic rings. The molecule has 0 bridgehead atoms. The van der Waals surface area contributed by atoms with Gasteiger partial charge in [0.05, 0.1) is 4.90 Å². The summed E-state index contributed by atoms with van der Waals surface area (Å²) in [4.78, 5) is 15.5. The van der Waals surface area contributed by atoms with E-state index < -0.39 is 15.7 Å². The number of carbonyl (C=O) groups is 1. The maximum Gasteiger partial charge on any atom is 0.276 e. The molecule has 5 heteroatoms. The molecule has 2 aromatic carbocycles. The summed E-state index contributed by atoms with van der Waals surface area (Å²) in [6.07, 6.45) is 1.57. The molecule has 114 valence electrons. The predicted octanol–water partition coefficient (Wildman–Crippen LogP) is 3.16. The van der Waals surface area contributed by atoms with Gasteiger partial charge in [-0.2, -0.15) is 0 Å². The molecule has 22 heavy (non-hydrogen) atoms. The topological polar surface area (TPSA) is 63.6 Å². The second-order valence-corrected chi connectivity index (χ2v) is 6.88. The molecule has 0 aliphatic heterocycles. The molecule has 0 aromatic heterocycles. The molecule has 0 saturated heterocycles. The number of sulfone groups is 1. The number of aliphatic imine (C=N–C) groups is 1. The first-order valence-corrected chi connectivity index (χ1v) is 8.71. The molecule has 2 rings (SSSR count). The van der Waals surface area contributed by atoms with E-state index in [1.165, 1.54) is 0 Å². The zero-order chi connectivity index (χ0) is 16.3. The van der Waals surface area contributed by atoms with Crippen LogP contribution in [0.4, 0.5) is 0 Å². The average Bonchev–Trinajstić information content (AvgIpc) is 2.52. The van der Waals surface area contributed by atoms with Crippen LogP contribution in [0.3, 0.4) is 0 Å². The molecule has 0 N–H and O–H groups in total. The number of carbonyl (C=O) groups excluding carboxylic acids is 1. The molecular weight excluding hydrogens is 298 g/mol. The van der Waals surface area contributed by atoms with Crippen LogP contribution in [0.15, 0.2) is 52.4 Å². The highest BCUT2D eigenvalue weighted by Crippen LogP contribution is 2.33. The van der Waals surface area contributed by atoms with Crippen LogP contribution in [0.2, 0.25) is 0 Å². The maximum absolute atomic E-state index is 12.3. The number of nitrogens with zero attached hydrogens (tertiary/aromatic N) is 1. The van der Waals surface area contributed by atoms with Gasteiger partial charge in [0.1, 0.15) is 0 Å². The quantitative estimate of drug-likeness (QED) is 0.814. The first-order valence-electron chi connectivity index (χ1n) is 6.82. The van der Waals surface area contributed by atoms with E-state index in [1.54, 1.807) is 12.1 Å². The minimum Gasteiger partial charge on any atom is -0.267 e. The molecule has 0 aliphatic rings. The fourth-order valence-electron chi connectivity index (χ4n) is 2.53. The SMILES string of the molecule is C=NC(=O)c1ccc(-c2ccccc2)c(S(C)(=O)=O)c1CC. The van der Waals surface area contributed by atoms with E-state index in [0.29, 0.717) is 17.5 Å². The lowest BCUT2D eigenvalue weighted by atomic mass is 9.97. The van der Waals surface area contributed by atoms with Crippen molar-refractivity contribution in [3.05, 3.63) is 53.6 Å². The van der Waals surface area contributed by atoms with Gasteiger partial charge in [0, 0.05) is 17.4 Å². The van der Waals surface area contributed by atoms with E-state index in [4.69, 9.17) is 0 Å². The third-order valence-corrected chi connectivity index (χ3v) is 4.65. The Morgan fingerprint density at radius 1 is 1.14 bits per heavy atom. The molecule has 0 radical (unpaired) electrons. The summed E-state index contributed by atoms with van der Waals surface area (Å²) in [5, 5.41) is 0. The van der Waals surface area contributed by atoms with Crippen LogP contribution in [0, 0.1) is 0 Å². The number of rotatable bonds is 4. The van der Waals surface area contributed by atoms with Crippen molar-refractivity contribution in [2.45, 2.75) is 18.2 Å². The molecule has 0 heterocycles. The highest BCUT2D eigenvalue weighted by Gasteiger charge is 2.23. The van der Waals surface area contributed by atoms with Crippen LogP contribution in [0.1, 0.15) is 22.8 Å². The van der Waals surface area contributed by atoms with Crippen molar-refractivity contribution in [3.8, 4) is 11.1 Å². The van der Waals surface area contributed by atoms with Crippen LogP contribution in [-0.2, 0) is 16.3 Å². The van der Waals surface area contributed by atoms with Gasteiger partial charge in [-0.05, 0) is 30.3 Å². The first kappa shape index (κ1) is 16.1. The van der Waals surface area contributed by atoms with E-state index in [0.717, 1.165) is 11.8 Å². The van der Waals surface area contributed by atoms with Gasteiger partial charge in [-0.1, -0.05) is 43.3 Å². The molecule has 0 aliphatic carbocycles. The van der Waals surface area contributed by atoms with Crippen LogP contribution in [0.25, 0.3) is 11.1 Å². The highest BCUT2D eigenvalue weighted by atomic mass is 32.2. The molecule has 4 nitrogen and oxygen atoms in total. The Bertz CT molecular complexity index is 824. The smallest absolute Gasteiger partial charge is 0.267 e. The van der Waals surface area contributed by atoms with E-state index in [1.807, 2.05) is 37.3 Å². The fourth-order valence-corrected chi connectivity index (χ4v) is 3.82. The summed E-state index contributed by atoms with van der Waals surface area (Å²) >= 11 is 0. The van der Waals surface area contributed by atoms with Crippen molar-refractivity contribution in [1.29, 1.82) is 0 Å². The highest BCUT2D eigenvalue weighted by molar-refractivity contribution is 7.91. The summed E-state index contributed by atoms with van der Waals surface area (Å²) in [7, 11) is -3.50. The zero-order valence-electron chi connectivity index (χ0n) is 12.5. The maximum atomic E-state index is 12.3. The standard InChI is InChI=1S/C17H17NO3S/c1-4-13-15(17(19)18-2)11-10-14(16(13)22(3,20)21)12-8-6-5-7-9-12/h5-11H,2,4H2,1,3H3. The van der Waals surface area contributed by atoms with Crippen molar-refractivity contribution in [1.82, 2.24) is 0 Å². The lowest BCUT2D eigenvalue weighted by Crippen LogP contribution is -2.10. The van der Waals surface area contributed by atoms with Crippen molar-refractivity contribution >= 4 is 22.5 Å². The third kappa shape index (κ3) is 2.99. The van der Waals surface area contributed by atoms with Gasteiger partial charge in [0.2, 0.25) is 0 Å². The van der Waals surface area contributed by atoms with Crippen molar-refractivity contribution < 1.29 is 13.2 Å². The van der Waals surface area contributed by atoms with Crippen LogP contribution >= 0.6 is 0 Å². The Kier molecular flexibility index (Phi) is 4.56. The average molecular weight is 315 g/mol. The molecule has 0 saturated carbocycles. The van der Waals surface area contributed by atoms with Gasteiger partial charge in [-0.3, -0.25) is 4.79 Å². The second kappa shape index (κ2) is 6.23. The van der Waals surface area contributed by atoms with E-state index >= 15 is 0 Å². The molecule has 0 unspecified atom stereocenters. The van der Waals surface area contributed by atoms with Crippen LogP contribution < -0.4 is 0 Å². The normalized spacial score (nSPS) is 11.2.